The Kier molecular flexibility index (Phi) is 4.78. The SMILES string of the molecule is CC(c1cc(-c2ccccc2)n[nH]1)N(C)C(=O)CCc1n[nH]c(=O)[nH]1. The molecule has 3 N–H and O–H groups in total. The summed E-state index contributed by atoms with van der Waals surface area (Å²) in [6.45, 7) is 1.94. The molecule has 0 aliphatic rings. The van der Waals surface area contributed by atoms with Crippen LogP contribution in [-0.2, 0) is 11.2 Å². The maximum Gasteiger partial charge on any atom is 0.340 e. The Bertz CT molecular complexity index is 895. The number of hydrogen-bond donors (Lipinski definition) is 3. The average Bonchev–Trinajstić information content (AvgIpc) is 3.28. The van der Waals surface area contributed by atoms with Gasteiger partial charge in [-0.25, -0.2) is 9.89 Å². The molecular formula is C17H20N6O2. The third-order valence-corrected chi connectivity index (χ3v) is 4.22. The minimum atomic E-state index is -0.366. The summed E-state index contributed by atoms with van der Waals surface area (Å²) < 4.78 is 0. The van der Waals surface area contributed by atoms with Gasteiger partial charge in [-0.15, -0.1) is 0 Å². The van der Waals surface area contributed by atoms with Crippen molar-refractivity contribution in [3.63, 3.8) is 0 Å². The fourth-order valence-electron chi connectivity index (χ4n) is 2.56. The summed E-state index contributed by atoms with van der Waals surface area (Å²) in [6, 6.07) is 11.7. The number of amides is 1. The van der Waals surface area contributed by atoms with Crippen LogP contribution in [0.5, 0.6) is 0 Å². The predicted molar refractivity (Wildman–Crippen MR) is 92.7 cm³/mol. The van der Waals surface area contributed by atoms with E-state index < -0.39 is 0 Å². The number of carbonyl (C=O) groups excluding carboxylic acids is 1. The van der Waals surface area contributed by atoms with Crippen LogP contribution in [0.4, 0.5) is 0 Å². The fraction of sp³-hybridized carbons (Fsp3) is 0.294. The molecule has 3 rings (SSSR count). The molecule has 0 fully saturated rings. The molecule has 25 heavy (non-hydrogen) atoms. The van der Waals surface area contributed by atoms with E-state index in [9.17, 15) is 9.59 Å². The van der Waals surface area contributed by atoms with Crippen molar-refractivity contribution >= 4 is 5.91 Å². The molecule has 0 bridgehead atoms. The van der Waals surface area contributed by atoms with Crippen LogP contribution in [0.2, 0.25) is 0 Å². The summed E-state index contributed by atoms with van der Waals surface area (Å²) in [6.07, 6.45) is 0.647. The number of benzene rings is 1. The second-order valence-corrected chi connectivity index (χ2v) is 5.88. The number of aromatic nitrogens is 5. The van der Waals surface area contributed by atoms with Gasteiger partial charge in [0, 0.05) is 25.5 Å². The molecule has 0 spiro atoms. The Balaban J connectivity index is 1.63. The second-order valence-electron chi connectivity index (χ2n) is 5.88. The molecule has 0 radical (unpaired) electrons. The van der Waals surface area contributed by atoms with Crippen molar-refractivity contribution in [3.8, 4) is 11.3 Å². The molecular weight excluding hydrogens is 320 g/mol. The molecule has 2 aromatic heterocycles. The number of aryl methyl sites for hydroxylation is 1. The van der Waals surface area contributed by atoms with Crippen LogP contribution in [0.25, 0.3) is 11.3 Å². The summed E-state index contributed by atoms with van der Waals surface area (Å²) >= 11 is 0. The zero-order valence-electron chi connectivity index (χ0n) is 14.1. The van der Waals surface area contributed by atoms with Crippen LogP contribution < -0.4 is 5.69 Å². The first kappa shape index (κ1) is 16.7. The lowest BCUT2D eigenvalue weighted by molar-refractivity contribution is -0.131. The normalized spacial score (nSPS) is 12.1. The van der Waals surface area contributed by atoms with E-state index in [4.69, 9.17) is 0 Å². The van der Waals surface area contributed by atoms with E-state index in [0.29, 0.717) is 12.2 Å². The van der Waals surface area contributed by atoms with Gasteiger partial charge in [-0.2, -0.15) is 10.2 Å². The highest BCUT2D eigenvalue weighted by atomic mass is 16.2. The Hall–Kier alpha value is -3.16. The van der Waals surface area contributed by atoms with Gasteiger partial charge in [0.1, 0.15) is 5.82 Å². The van der Waals surface area contributed by atoms with Gasteiger partial charge in [-0.05, 0) is 13.0 Å². The molecule has 0 saturated heterocycles. The Morgan fingerprint density at radius 3 is 2.64 bits per heavy atom. The van der Waals surface area contributed by atoms with Gasteiger partial charge in [0.15, 0.2) is 0 Å². The van der Waals surface area contributed by atoms with Crippen LogP contribution in [0.15, 0.2) is 41.2 Å². The Morgan fingerprint density at radius 2 is 1.96 bits per heavy atom. The lowest BCUT2D eigenvalue weighted by Crippen LogP contribution is -2.30. The molecule has 1 atom stereocenters. The van der Waals surface area contributed by atoms with E-state index >= 15 is 0 Å². The van der Waals surface area contributed by atoms with Crippen molar-refractivity contribution in [2.24, 2.45) is 0 Å². The fourth-order valence-corrected chi connectivity index (χ4v) is 2.56. The van der Waals surface area contributed by atoms with E-state index in [1.54, 1.807) is 11.9 Å². The number of hydrogen-bond acceptors (Lipinski definition) is 4. The molecule has 1 aromatic carbocycles. The monoisotopic (exact) mass is 340 g/mol. The predicted octanol–water partition coefficient (Wildman–Crippen LogP) is 1.64. The van der Waals surface area contributed by atoms with Gasteiger partial charge >= 0.3 is 5.69 Å². The van der Waals surface area contributed by atoms with E-state index in [-0.39, 0.29) is 24.1 Å². The number of nitrogens with one attached hydrogen (secondary N) is 3. The minimum Gasteiger partial charge on any atom is -0.337 e. The zero-order chi connectivity index (χ0) is 17.8. The van der Waals surface area contributed by atoms with Crippen LogP contribution in [0.3, 0.4) is 0 Å². The quantitative estimate of drug-likeness (QED) is 0.633. The highest BCUT2D eigenvalue weighted by Crippen LogP contribution is 2.23. The third kappa shape index (κ3) is 3.85. The average molecular weight is 340 g/mol. The van der Waals surface area contributed by atoms with Gasteiger partial charge in [-0.1, -0.05) is 30.3 Å². The van der Waals surface area contributed by atoms with Gasteiger partial charge in [0.2, 0.25) is 5.91 Å². The number of carbonyl (C=O) groups is 1. The molecule has 1 amide bonds. The maximum absolute atomic E-state index is 12.4. The van der Waals surface area contributed by atoms with Gasteiger partial charge < -0.3 is 4.90 Å². The highest BCUT2D eigenvalue weighted by Gasteiger charge is 2.20. The number of aromatic amines is 3. The first-order chi connectivity index (χ1) is 12.0. The van der Waals surface area contributed by atoms with Crippen LogP contribution >= 0.6 is 0 Å². The summed E-state index contributed by atoms with van der Waals surface area (Å²) in [5.74, 6) is 0.444. The van der Waals surface area contributed by atoms with Crippen molar-refractivity contribution in [2.75, 3.05) is 7.05 Å². The highest BCUT2D eigenvalue weighted by molar-refractivity contribution is 5.76. The second kappa shape index (κ2) is 7.16. The standard InChI is InChI=1S/C17H20N6O2/c1-11(13-10-14(20-19-13)12-6-4-3-5-7-12)23(2)16(24)9-8-15-18-17(25)22-21-15/h3-7,10-11H,8-9H2,1-2H3,(H,19,20)(H2,18,21,22,25). The van der Waals surface area contributed by atoms with E-state index in [0.717, 1.165) is 17.0 Å². The lowest BCUT2D eigenvalue weighted by atomic mass is 10.1. The number of rotatable bonds is 6. The molecule has 8 heteroatoms. The van der Waals surface area contributed by atoms with Gasteiger partial charge in [0.25, 0.3) is 0 Å². The number of H-pyrrole nitrogens is 3. The summed E-state index contributed by atoms with van der Waals surface area (Å²) in [5, 5.41) is 13.4. The van der Waals surface area contributed by atoms with E-state index in [2.05, 4.69) is 25.4 Å². The minimum absolute atomic E-state index is 0.0350. The largest absolute Gasteiger partial charge is 0.340 e. The summed E-state index contributed by atoms with van der Waals surface area (Å²) in [5.41, 5.74) is 2.36. The van der Waals surface area contributed by atoms with Gasteiger partial charge in [-0.3, -0.25) is 14.9 Å². The Morgan fingerprint density at radius 1 is 1.20 bits per heavy atom. The van der Waals surface area contributed by atoms with Gasteiger partial charge in [0.05, 0.1) is 17.4 Å². The van der Waals surface area contributed by atoms with Crippen molar-refractivity contribution < 1.29 is 4.79 Å². The molecule has 1 unspecified atom stereocenters. The third-order valence-electron chi connectivity index (χ3n) is 4.22. The first-order valence-corrected chi connectivity index (χ1v) is 8.04. The van der Waals surface area contributed by atoms with Crippen LogP contribution in [-0.4, -0.2) is 43.2 Å². The smallest absolute Gasteiger partial charge is 0.337 e. The molecule has 130 valence electrons. The molecule has 3 aromatic rings. The molecule has 0 saturated carbocycles. The van der Waals surface area contributed by atoms with Crippen molar-refractivity contribution in [3.05, 3.63) is 58.4 Å². The van der Waals surface area contributed by atoms with Crippen LogP contribution in [0, 0.1) is 0 Å². The van der Waals surface area contributed by atoms with E-state index in [1.165, 1.54) is 0 Å². The lowest BCUT2D eigenvalue weighted by Gasteiger charge is -2.23. The Labute approximate surface area is 144 Å². The first-order valence-electron chi connectivity index (χ1n) is 8.04. The molecule has 2 heterocycles. The summed E-state index contributed by atoms with van der Waals surface area (Å²) in [4.78, 5) is 27.6. The maximum atomic E-state index is 12.4. The molecule has 0 aliphatic heterocycles. The van der Waals surface area contributed by atoms with Crippen molar-refractivity contribution in [1.29, 1.82) is 0 Å². The van der Waals surface area contributed by atoms with Crippen molar-refractivity contribution in [1.82, 2.24) is 30.3 Å². The molecule has 0 aliphatic carbocycles. The summed E-state index contributed by atoms with van der Waals surface area (Å²) in [7, 11) is 1.75. The van der Waals surface area contributed by atoms with E-state index in [1.807, 2.05) is 43.3 Å². The molecule has 8 nitrogen and oxygen atoms in total. The van der Waals surface area contributed by atoms with Crippen LogP contribution in [0.1, 0.15) is 30.9 Å². The van der Waals surface area contributed by atoms with Crippen molar-refractivity contribution in [2.45, 2.75) is 25.8 Å². The zero-order valence-corrected chi connectivity index (χ0v) is 14.1. The topological polar surface area (TPSA) is 111 Å². The number of nitrogens with zero attached hydrogens (tertiary/aromatic N) is 3.